The lowest BCUT2D eigenvalue weighted by molar-refractivity contribution is -0.113. The van der Waals surface area contributed by atoms with Crippen molar-refractivity contribution in [2.24, 2.45) is 7.05 Å². The van der Waals surface area contributed by atoms with E-state index in [-0.39, 0.29) is 11.7 Å². The Morgan fingerprint density at radius 3 is 2.42 bits per heavy atom. The highest BCUT2D eigenvalue weighted by atomic mass is 32.2. The van der Waals surface area contributed by atoms with Crippen molar-refractivity contribution in [3.63, 3.8) is 0 Å². The molecule has 0 bridgehead atoms. The molecule has 2 aromatic carbocycles. The van der Waals surface area contributed by atoms with Crippen molar-refractivity contribution in [1.82, 2.24) is 19.3 Å². The summed E-state index contributed by atoms with van der Waals surface area (Å²) >= 11 is 1.42. The van der Waals surface area contributed by atoms with Gasteiger partial charge >= 0.3 is 0 Å². The minimum Gasteiger partial charge on any atom is -0.354 e. The number of hydrogen-bond donors (Lipinski definition) is 1. The van der Waals surface area contributed by atoms with Crippen LogP contribution in [0.25, 0.3) is 0 Å². The molecule has 0 aliphatic heterocycles. The first kappa shape index (κ1) is 20.9. The minimum absolute atomic E-state index is 0.0576. The van der Waals surface area contributed by atoms with Crippen LogP contribution >= 0.6 is 11.8 Å². The number of rotatable bonds is 9. The van der Waals surface area contributed by atoms with Gasteiger partial charge in [0.05, 0.1) is 5.75 Å². The quantitative estimate of drug-likeness (QED) is 0.404. The second-order valence-corrected chi connectivity index (χ2v) is 8.22. The van der Waals surface area contributed by atoms with Gasteiger partial charge < -0.3 is 14.5 Å². The van der Waals surface area contributed by atoms with Gasteiger partial charge in [0.1, 0.15) is 5.82 Å². The number of para-hydroxylation sites is 1. The number of carbonyl (C=O) groups is 1. The van der Waals surface area contributed by atoms with Crippen LogP contribution in [0.5, 0.6) is 0 Å². The zero-order valence-corrected chi connectivity index (χ0v) is 18.3. The number of carbonyl (C=O) groups excluding carboxylic acids is 1. The lowest BCUT2D eigenvalue weighted by Crippen LogP contribution is -2.15. The molecule has 6 nitrogen and oxygen atoms in total. The van der Waals surface area contributed by atoms with E-state index in [0.29, 0.717) is 6.42 Å². The Hall–Kier alpha value is -3.32. The van der Waals surface area contributed by atoms with Gasteiger partial charge in [0, 0.05) is 37.6 Å². The molecule has 1 N–H and O–H groups in total. The largest absolute Gasteiger partial charge is 0.354 e. The van der Waals surface area contributed by atoms with Crippen molar-refractivity contribution in [1.29, 1.82) is 0 Å². The van der Waals surface area contributed by atoms with Crippen LogP contribution < -0.4 is 5.32 Å². The van der Waals surface area contributed by atoms with Crippen LogP contribution in [0.4, 0.5) is 5.69 Å². The first-order valence-corrected chi connectivity index (χ1v) is 11.2. The van der Waals surface area contributed by atoms with Gasteiger partial charge in [-0.15, -0.1) is 10.2 Å². The lowest BCUT2D eigenvalue weighted by atomic mass is 10.1. The summed E-state index contributed by atoms with van der Waals surface area (Å²) in [5.74, 6) is 1.13. The number of aryl methyl sites for hydroxylation is 2. The monoisotopic (exact) mass is 431 g/mol. The van der Waals surface area contributed by atoms with Crippen LogP contribution in [0.15, 0.2) is 84.1 Å². The van der Waals surface area contributed by atoms with Crippen LogP contribution in [0.2, 0.25) is 0 Å². The van der Waals surface area contributed by atoms with E-state index in [0.717, 1.165) is 29.6 Å². The fraction of sp³-hybridized carbons (Fsp3) is 0.208. The van der Waals surface area contributed by atoms with Crippen molar-refractivity contribution in [3.8, 4) is 0 Å². The van der Waals surface area contributed by atoms with Gasteiger partial charge in [-0.2, -0.15) is 0 Å². The molecule has 0 aliphatic rings. The predicted octanol–water partition coefficient (Wildman–Crippen LogP) is 4.18. The molecule has 0 aliphatic carbocycles. The van der Waals surface area contributed by atoms with Gasteiger partial charge in [-0.1, -0.05) is 60.3 Å². The van der Waals surface area contributed by atoms with E-state index in [2.05, 4.69) is 55.0 Å². The summed E-state index contributed by atoms with van der Waals surface area (Å²) in [6.07, 6.45) is 3.61. The Balaban J connectivity index is 1.47. The van der Waals surface area contributed by atoms with Gasteiger partial charge in [-0.05, 0) is 36.2 Å². The number of hydrogen-bond acceptors (Lipinski definition) is 4. The number of nitrogens with one attached hydrogen (secondary N) is 1. The van der Waals surface area contributed by atoms with Gasteiger partial charge in [0.15, 0.2) is 5.16 Å². The molecule has 158 valence electrons. The Morgan fingerprint density at radius 1 is 0.968 bits per heavy atom. The number of benzene rings is 2. The molecule has 0 spiro atoms. The molecule has 2 aromatic heterocycles. The van der Waals surface area contributed by atoms with Crippen molar-refractivity contribution in [3.05, 3.63) is 96.1 Å². The lowest BCUT2D eigenvalue weighted by Gasteiger charge is -2.11. The van der Waals surface area contributed by atoms with E-state index in [1.807, 2.05) is 55.7 Å². The first-order valence-electron chi connectivity index (χ1n) is 10.2. The molecule has 7 heteroatoms. The van der Waals surface area contributed by atoms with Crippen molar-refractivity contribution < 1.29 is 4.79 Å². The maximum absolute atomic E-state index is 12.4. The summed E-state index contributed by atoms with van der Waals surface area (Å²) in [4.78, 5) is 12.4. The fourth-order valence-corrected chi connectivity index (χ4v) is 4.14. The Kier molecular flexibility index (Phi) is 6.84. The van der Waals surface area contributed by atoms with Crippen molar-refractivity contribution in [2.75, 3.05) is 11.1 Å². The molecule has 0 atom stereocenters. The molecule has 0 radical (unpaired) electrons. The molecule has 4 aromatic rings. The van der Waals surface area contributed by atoms with E-state index < -0.39 is 0 Å². The zero-order valence-electron chi connectivity index (χ0n) is 17.4. The summed E-state index contributed by atoms with van der Waals surface area (Å²) in [7, 11) is 2.03. The maximum Gasteiger partial charge on any atom is 0.234 e. The molecular weight excluding hydrogens is 406 g/mol. The van der Waals surface area contributed by atoms with Gasteiger partial charge in [-0.3, -0.25) is 4.79 Å². The molecule has 4 rings (SSSR count). The zero-order chi connectivity index (χ0) is 21.5. The highest BCUT2D eigenvalue weighted by Gasteiger charge is 2.16. The van der Waals surface area contributed by atoms with E-state index in [4.69, 9.17) is 0 Å². The number of thioether (sulfide) groups is 1. The average molecular weight is 432 g/mol. The van der Waals surface area contributed by atoms with Gasteiger partial charge in [-0.25, -0.2) is 0 Å². The average Bonchev–Trinajstić information content (AvgIpc) is 3.38. The van der Waals surface area contributed by atoms with Crippen LogP contribution in [-0.2, 0) is 31.2 Å². The van der Waals surface area contributed by atoms with E-state index in [1.165, 1.54) is 23.0 Å². The van der Waals surface area contributed by atoms with Crippen molar-refractivity contribution in [2.45, 2.75) is 24.5 Å². The summed E-state index contributed by atoms with van der Waals surface area (Å²) < 4.78 is 4.23. The molecule has 1 amide bonds. The summed E-state index contributed by atoms with van der Waals surface area (Å²) in [6.45, 7) is 0.763. The van der Waals surface area contributed by atoms with Crippen molar-refractivity contribution >= 4 is 23.4 Å². The number of nitrogens with zero attached hydrogens (tertiary/aromatic N) is 4. The molecule has 31 heavy (non-hydrogen) atoms. The summed E-state index contributed by atoms with van der Waals surface area (Å²) in [6, 6.07) is 24.0. The maximum atomic E-state index is 12.4. The second kappa shape index (κ2) is 10.1. The molecule has 0 unspecified atom stereocenters. The number of amides is 1. The first-order chi connectivity index (χ1) is 15.2. The van der Waals surface area contributed by atoms with E-state index in [1.54, 1.807) is 0 Å². The summed E-state index contributed by atoms with van der Waals surface area (Å²) in [5, 5.41) is 12.5. The summed E-state index contributed by atoms with van der Waals surface area (Å²) in [5.41, 5.74) is 3.23. The molecule has 0 saturated heterocycles. The fourth-order valence-electron chi connectivity index (χ4n) is 3.36. The third-order valence-corrected chi connectivity index (χ3v) is 6.01. The van der Waals surface area contributed by atoms with Crippen LogP contribution in [0, 0.1) is 0 Å². The van der Waals surface area contributed by atoms with Crippen LogP contribution in [-0.4, -0.2) is 31.0 Å². The highest BCUT2D eigenvalue weighted by Crippen LogP contribution is 2.20. The third-order valence-electron chi connectivity index (χ3n) is 5.04. The Morgan fingerprint density at radius 2 is 1.71 bits per heavy atom. The molecule has 0 saturated carbocycles. The topological polar surface area (TPSA) is 64.7 Å². The predicted molar refractivity (Wildman–Crippen MR) is 124 cm³/mol. The van der Waals surface area contributed by atoms with Crippen LogP contribution in [0.1, 0.15) is 17.1 Å². The molecule has 0 fully saturated rings. The Labute approximate surface area is 186 Å². The Bertz CT molecular complexity index is 1120. The highest BCUT2D eigenvalue weighted by molar-refractivity contribution is 7.99. The van der Waals surface area contributed by atoms with Gasteiger partial charge in [0.2, 0.25) is 5.91 Å². The number of aromatic nitrogens is 4. The second-order valence-electron chi connectivity index (χ2n) is 7.28. The van der Waals surface area contributed by atoms with Gasteiger partial charge in [0.25, 0.3) is 0 Å². The smallest absolute Gasteiger partial charge is 0.234 e. The van der Waals surface area contributed by atoms with E-state index in [9.17, 15) is 4.79 Å². The normalized spacial score (nSPS) is 10.9. The number of anilines is 1. The standard InChI is InChI=1S/C24H25N5OS/c1-28-15-8-13-21(28)17-22-26-27-24(29(22)16-14-19-9-4-2-5-10-19)31-18-23(30)25-20-11-6-3-7-12-20/h2-13,15H,14,16-18H2,1H3,(H,25,30). The third kappa shape index (κ3) is 5.64. The minimum atomic E-state index is -0.0576. The van der Waals surface area contributed by atoms with Crippen LogP contribution in [0.3, 0.4) is 0 Å². The molecule has 2 heterocycles. The SMILES string of the molecule is Cn1cccc1Cc1nnc(SCC(=O)Nc2ccccc2)n1CCc1ccccc1. The van der Waals surface area contributed by atoms with E-state index >= 15 is 0 Å². The molecular formula is C24H25N5OS.